The molecule has 6 aliphatic heterocycles. The molecule has 4 aromatic rings. The second kappa shape index (κ2) is 17.8. The van der Waals surface area contributed by atoms with E-state index in [0.717, 1.165) is 70.9 Å². The molecule has 4 fully saturated rings. The normalized spacial score (nSPS) is 29.7. The number of amides is 3. The Morgan fingerprint density at radius 3 is 2.63 bits per heavy atom. The standard InChI is InChI=1S/C32H40BrN5O5.C19H20FNO3/c1-16(2)12-24-29(40)37-11-7-10-25(37)32(42)38(24)30(41)31(43-32,17(3)4)35-28(39)18-13-20-19-8-6-9-22-26(19)21(27(33)34-22)14-23(20)36(5)15-18;20-15-3-1-13(2-4-15)17-7-8-21-10-14(17)11-22-16-5-6-18-19(9-16)24-12-23-18/h6,8-9,13,16-18,23-25,34,42H,7,10-12,14-15H2,1-5H3,(H,35,39);1-6,9,14,17,21H,7-8,10-12H2/t18-,23-,24+,25+,31-,32+;14-,17-/m10/s1. The van der Waals surface area contributed by atoms with Crippen LogP contribution in [0.3, 0.4) is 0 Å². The van der Waals surface area contributed by atoms with Crippen LogP contribution in [0.4, 0.5) is 4.39 Å². The first kappa shape index (κ1) is 45.8. The number of carbonyl (C=O) groups is 3. The number of piperazine rings is 1. The summed E-state index contributed by atoms with van der Waals surface area (Å²) in [4.78, 5) is 50.8. The molecule has 11 rings (SSSR count). The number of likely N-dealkylation sites (N-methyl/N-ethyl adjacent to an activating group) is 1. The minimum atomic E-state index is -2.01. The number of nitrogens with zero attached hydrogens (tertiary/aromatic N) is 3. The number of fused-ring (bicyclic) bond motifs is 6. The molecule has 3 aromatic carbocycles. The second-order valence-corrected chi connectivity index (χ2v) is 20.7. The lowest BCUT2D eigenvalue weighted by Crippen LogP contribution is -2.71. The Bertz CT molecular complexity index is 2600. The van der Waals surface area contributed by atoms with Crippen LogP contribution in [-0.4, -0.2) is 119 Å². The number of aromatic nitrogens is 1. The molecule has 0 unspecified atom stereocenters. The highest BCUT2D eigenvalue weighted by Crippen LogP contribution is 2.49. The van der Waals surface area contributed by atoms with E-state index in [4.69, 9.17) is 18.9 Å². The average Bonchev–Trinajstić information content (AvgIpc) is 4.11. The molecule has 3 amide bonds. The number of ether oxygens (including phenoxy) is 4. The molecule has 8 atom stereocenters. The van der Waals surface area contributed by atoms with Crippen molar-refractivity contribution in [3.05, 3.63) is 93.9 Å². The number of halogens is 2. The lowest BCUT2D eigenvalue weighted by molar-refractivity contribution is -0.322. The van der Waals surface area contributed by atoms with Crippen molar-refractivity contribution in [2.45, 2.75) is 95.5 Å². The van der Waals surface area contributed by atoms with E-state index in [0.29, 0.717) is 44.4 Å². The minimum Gasteiger partial charge on any atom is -0.493 e. The van der Waals surface area contributed by atoms with Crippen molar-refractivity contribution in [1.82, 2.24) is 30.3 Å². The molecule has 14 nitrogen and oxygen atoms in total. The molecular weight excluding hydrogens is 923 g/mol. The molecule has 7 aliphatic rings. The number of benzene rings is 3. The van der Waals surface area contributed by atoms with E-state index in [2.05, 4.69) is 48.6 Å². The third-order valence-electron chi connectivity index (χ3n) is 15.0. The van der Waals surface area contributed by atoms with E-state index in [1.165, 1.54) is 33.5 Å². The molecule has 16 heteroatoms. The van der Waals surface area contributed by atoms with E-state index < -0.39 is 41.5 Å². The van der Waals surface area contributed by atoms with E-state index in [9.17, 15) is 23.9 Å². The first-order valence-electron chi connectivity index (χ1n) is 23.8. The Kier molecular flexibility index (Phi) is 12.2. The summed E-state index contributed by atoms with van der Waals surface area (Å²) >= 11 is 3.70. The first-order valence-corrected chi connectivity index (χ1v) is 24.5. The van der Waals surface area contributed by atoms with Gasteiger partial charge in [-0.1, -0.05) is 58.0 Å². The first-order chi connectivity index (χ1) is 32.2. The number of aliphatic hydroxyl groups is 1. The molecular formula is C51H60BrFN6O8. The second-order valence-electron chi connectivity index (χ2n) is 19.9. The van der Waals surface area contributed by atoms with Crippen molar-refractivity contribution >= 4 is 50.1 Å². The lowest BCUT2D eigenvalue weighted by atomic mass is 9.79. The Balaban J connectivity index is 0.000000184. The van der Waals surface area contributed by atoms with Gasteiger partial charge in [0.2, 0.25) is 24.3 Å². The van der Waals surface area contributed by atoms with Crippen LogP contribution >= 0.6 is 15.9 Å². The van der Waals surface area contributed by atoms with E-state index in [1.54, 1.807) is 18.7 Å². The quantitative estimate of drug-likeness (QED) is 0.146. The Morgan fingerprint density at radius 1 is 1.06 bits per heavy atom. The topological polar surface area (TPSA) is 158 Å². The zero-order valence-corrected chi connectivity index (χ0v) is 40.2. The van der Waals surface area contributed by atoms with Crippen LogP contribution < -0.4 is 24.8 Å². The highest BCUT2D eigenvalue weighted by Gasteiger charge is 2.72. The zero-order chi connectivity index (χ0) is 46.9. The summed E-state index contributed by atoms with van der Waals surface area (Å²) in [5.74, 6) is -1.23. The predicted octanol–water partition coefficient (Wildman–Crippen LogP) is 6.52. The maximum Gasteiger partial charge on any atom is 0.281 e. The molecule has 4 saturated heterocycles. The molecule has 0 bridgehead atoms. The number of piperidine rings is 1. The molecule has 1 aliphatic carbocycles. The smallest absolute Gasteiger partial charge is 0.281 e. The van der Waals surface area contributed by atoms with Gasteiger partial charge in [0.25, 0.3) is 11.8 Å². The van der Waals surface area contributed by atoms with E-state index >= 15 is 0 Å². The van der Waals surface area contributed by atoms with Gasteiger partial charge in [0.1, 0.15) is 23.7 Å². The van der Waals surface area contributed by atoms with Gasteiger partial charge < -0.3 is 39.8 Å². The van der Waals surface area contributed by atoms with Gasteiger partial charge in [0.05, 0.1) is 17.1 Å². The van der Waals surface area contributed by atoms with Crippen molar-refractivity contribution in [2.24, 2.45) is 23.7 Å². The van der Waals surface area contributed by atoms with Gasteiger partial charge in [-0.15, -0.1) is 0 Å². The summed E-state index contributed by atoms with van der Waals surface area (Å²) in [6, 6.07) is 17.2. The van der Waals surface area contributed by atoms with Crippen LogP contribution in [-0.2, 0) is 25.5 Å². The average molecular weight is 984 g/mol. The molecule has 4 N–H and O–H groups in total. The molecule has 0 spiro atoms. The highest BCUT2D eigenvalue weighted by atomic mass is 79.9. The van der Waals surface area contributed by atoms with Gasteiger partial charge in [-0.25, -0.2) is 4.39 Å². The van der Waals surface area contributed by atoms with Crippen LogP contribution in [0.15, 0.2) is 71.3 Å². The largest absolute Gasteiger partial charge is 0.493 e. The maximum absolute atomic E-state index is 14.4. The van der Waals surface area contributed by atoms with Gasteiger partial charge in [-0.05, 0) is 126 Å². The number of aromatic amines is 1. The number of rotatable bonds is 9. The van der Waals surface area contributed by atoms with Gasteiger partial charge >= 0.3 is 0 Å². The van der Waals surface area contributed by atoms with Crippen molar-refractivity contribution in [3.8, 4) is 17.2 Å². The van der Waals surface area contributed by atoms with Crippen LogP contribution in [0.5, 0.6) is 17.2 Å². The van der Waals surface area contributed by atoms with Gasteiger partial charge in [0, 0.05) is 54.5 Å². The van der Waals surface area contributed by atoms with E-state index in [-0.39, 0.29) is 36.4 Å². The fourth-order valence-electron chi connectivity index (χ4n) is 11.6. The SMILES string of the molecule is CC(C)C[C@H]1C(=O)N2CCC[C@H]2[C@]2(O)O[C@](NC(=O)[C@@H]3C=C4c5cccc6[nH]c(Br)c(c56)C[C@H]4N(C)C3)(C(C)C)C(=O)N12.Fc1ccc([C@@H]2CCNC[C@H]2COc2ccc3c(c2)OCO3)cc1. The van der Waals surface area contributed by atoms with Crippen molar-refractivity contribution in [2.75, 3.05) is 46.6 Å². The molecule has 356 valence electrons. The van der Waals surface area contributed by atoms with Gasteiger partial charge in [-0.2, -0.15) is 0 Å². The van der Waals surface area contributed by atoms with Crippen LogP contribution in [0.1, 0.15) is 76.0 Å². The van der Waals surface area contributed by atoms with Crippen molar-refractivity contribution in [3.63, 3.8) is 0 Å². The Labute approximate surface area is 398 Å². The van der Waals surface area contributed by atoms with Crippen molar-refractivity contribution in [1.29, 1.82) is 0 Å². The molecule has 0 radical (unpaired) electrons. The molecule has 7 heterocycles. The van der Waals surface area contributed by atoms with Crippen LogP contribution in [0.2, 0.25) is 0 Å². The highest BCUT2D eigenvalue weighted by molar-refractivity contribution is 9.10. The molecule has 0 saturated carbocycles. The predicted molar refractivity (Wildman–Crippen MR) is 252 cm³/mol. The Hall–Kier alpha value is -5.00. The summed E-state index contributed by atoms with van der Waals surface area (Å²) < 4.78 is 37.3. The zero-order valence-electron chi connectivity index (χ0n) is 38.7. The number of H-pyrrole nitrogens is 1. The van der Waals surface area contributed by atoms with Crippen molar-refractivity contribution < 1.29 is 42.8 Å². The lowest BCUT2D eigenvalue weighted by Gasteiger charge is -2.49. The van der Waals surface area contributed by atoms with Gasteiger partial charge in [-0.3, -0.25) is 28.9 Å². The third kappa shape index (κ3) is 7.99. The summed E-state index contributed by atoms with van der Waals surface area (Å²) in [5.41, 5.74) is 3.85. The maximum atomic E-state index is 14.4. The summed E-state index contributed by atoms with van der Waals surface area (Å²) in [6.07, 6.45) is 5.52. The number of hydrogen-bond acceptors (Lipinski definition) is 10. The summed E-state index contributed by atoms with van der Waals surface area (Å²) in [6.45, 7) is 11.3. The number of nitrogens with one attached hydrogen (secondary N) is 3. The molecule has 67 heavy (non-hydrogen) atoms. The summed E-state index contributed by atoms with van der Waals surface area (Å²) in [7, 11) is 2.03. The number of carbonyl (C=O) groups excluding carboxylic acids is 3. The van der Waals surface area contributed by atoms with E-state index in [1.807, 2.05) is 63.4 Å². The third-order valence-corrected chi connectivity index (χ3v) is 15.6. The monoisotopic (exact) mass is 982 g/mol. The van der Waals surface area contributed by atoms with Crippen LogP contribution in [0.25, 0.3) is 16.5 Å². The fraction of sp³-hybridized carbons (Fsp3) is 0.510. The number of hydrogen-bond donors (Lipinski definition) is 4. The molecule has 1 aromatic heterocycles. The Morgan fingerprint density at radius 2 is 1.85 bits per heavy atom. The fourth-order valence-corrected chi connectivity index (χ4v) is 12.1. The summed E-state index contributed by atoms with van der Waals surface area (Å²) in [5, 5.41) is 19.7. The van der Waals surface area contributed by atoms with Gasteiger partial charge in [0.15, 0.2) is 11.5 Å². The minimum absolute atomic E-state index is 0.104. The van der Waals surface area contributed by atoms with Crippen LogP contribution in [0, 0.1) is 29.5 Å².